The van der Waals surface area contributed by atoms with Gasteiger partial charge in [-0.2, -0.15) is 0 Å². The molecule has 0 saturated heterocycles. The fourth-order valence-corrected chi connectivity index (χ4v) is 2.36. The summed E-state index contributed by atoms with van der Waals surface area (Å²) in [5.41, 5.74) is 0.640. The fraction of sp³-hybridized carbons (Fsp3) is 0.300. The molecule has 150 valence electrons. The minimum absolute atomic E-state index is 0.217. The van der Waals surface area contributed by atoms with Crippen molar-refractivity contribution < 1.29 is 33.0 Å². The second-order valence-corrected chi connectivity index (χ2v) is 5.67. The largest absolute Gasteiger partial charge is 0.493 e. The van der Waals surface area contributed by atoms with Gasteiger partial charge in [-0.15, -0.1) is 0 Å². The Morgan fingerprint density at radius 3 is 2.36 bits per heavy atom. The Morgan fingerprint density at radius 1 is 1.14 bits per heavy atom. The van der Waals surface area contributed by atoms with E-state index in [0.29, 0.717) is 28.6 Å². The number of rotatable bonds is 9. The van der Waals surface area contributed by atoms with Gasteiger partial charge in [-0.3, -0.25) is 4.79 Å². The van der Waals surface area contributed by atoms with Crippen molar-refractivity contribution in [3.63, 3.8) is 0 Å². The molecule has 0 spiro atoms. The lowest BCUT2D eigenvalue weighted by Crippen LogP contribution is -2.35. The molecule has 1 atom stereocenters. The summed E-state index contributed by atoms with van der Waals surface area (Å²) in [6.45, 7) is 1.71. The molecule has 0 fully saturated rings. The second-order valence-electron chi connectivity index (χ2n) is 5.67. The van der Waals surface area contributed by atoms with E-state index in [9.17, 15) is 9.59 Å². The van der Waals surface area contributed by atoms with Gasteiger partial charge in [-0.1, -0.05) is 0 Å². The minimum atomic E-state index is -0.952. The highest BCUT2D eigenvalue weighted by Gasteiger charge is 2.17. The molecule has 0 saturated carbocycles. The van der Waals surface area contributed by atoms with Gasteiger partial charge in [0.05, 0.1) is 34.1 Å². The van der Waals surface area contributed by atoms with E-state index in [1.54, 1.807) is 24.3 Å². The molecule has 1 aromatic heterocycles. The molecule has 1 heterocycles. The maximum Gasteiger partial charge on any atom is 0.331 e. The van der Waals surface area contributed by atoms with E-state index in [0.717, 1.165) is 0 Å². The van der Waals surface area contributed by atoms with Crippen molar-refractivity contribution in [1.29, 1.82) is 0 Å². The number of carbonyl (C=O) groups is 2. The third-order valence-electron chi connectivity index (χ3n) is 3.78. The lowest BCUT2D eigenvalue weighted by molar-refractivity contribution is -0.150. The van der Waals surface area contributed by atoms with E-state index in [1.165, 1.54) is 46.7 Å². The zero-order valence-electron chi connectivity index (χ0n) is 16.2. The third-order valence-corrected chi connectivity index (χ3v) is 3.78. The fourth-order valence-electron chi connectivity index (χ4n) is 2.36. The lowest BCUT2D eigenvalue weighted by atomic mass is 10.1. The Bertz CT molecular complexity index is 802. The summed E-state index contributed by atoms with van der Waals surface area (Å²) in [4.78, 5) is 24.0. The van der Waals surface area contributed by atoms with Crippen LogP contribution in [-0.2, 0) is 20.9 Å². The highest BCUT2D eigenvalue weighted by molar-refractivity contribution is 5.90. The highest BCUT2D eigenvalue weighted by Crippen LogP contribution is 2.38. The van der Waals surface area contributed by atoms with Gasteiger partial charge in [0.15, 0.2) is 17.6 Å². The maximum atomic E-state index is 12.0. The zero-order valence-corrected chi connectivity index (χ0v) is 16.2. The summed E-state index contributed by atoms with van der Waals surface area (Å²) >= 11 is 0. The lowest BCUT2D eigenvalue weighted by Gasteiger charge is -2.13. The Labute approximate surface area is 163 Å². The van der Waals surface area contributed by atoms with E-state index in [2.05, 4.69) is 5.32 Å². The topological polar surface area (TPSA) is 96.2 Å². The molecule has 0 aliphatic rings. The van der Waals surface area contributed by atoms with E-state index in [-0.39, 0.29) is 6.54 Å². The predicted molar refractivity (Wildman–Crippen MR) is 101 cm³/mol. The van der Waals surface area contributed by atoms with Crippen molar-refractivity contribution in [2.45, 2.75) is 19.6 Å². The summed E-state index contributed by atoms with van der Waals surface area (Å²) in [5.74, 6) is 0.891. The number of carbonyl (C=O) groups excluding carboxylic acids is 2. The summed E-state index contributed by atoms with van der Waals surface area (Å²) < 4.78 is 26.0. The molecular formula is C20H23NO7. The molecule has 28 heavy (non-hydrogen) atoms. The van der Waals surface area contributed by atoms with Crippen LogP contribution in [0, 0.1) is 0 Å². The van der Waals surface area contributed by atoms with Crippen molar-refractivity contribution in [1.82, 2.24) is 5.32 Å². The van der Waals surface area contributed by atoms with Crippen LogP contribution in [0.15, 0.2) is 41.0 Å². The molecule has 1 amide bonds. The normalized spacial score (nSPS) is 11.7. The van der Waals surface area contributed by atoms with Crippen molar-refractivity contribution >= 4 is 18.0 Å². The van der Waals surface area contributed by atoms with Crippen LogP contribution >= 0.6 is 0 Å². The molecule has 0 bridgehead atoms. The number of ether oxygens (including phenoxy) is 4. The van der Waals surface area contributed by atoms with Gasteiger partial charge >= 0.3 is 5.97 Å². The van der Waals surface area contributed by atoms with Gasteiger partial charge < -0.3 is 28.7 Å². The van der Waals surface area contributed by atoms with Crippen LogP contribution in [0.4, 0.5) is 0 Å². The molecule has 1 aromatic carbocycles. The molecule has 0 unspecified atom stereocenters. The van der Waals surface area contributed by atoms with Crippen LogP contribution in [0.3, 0.4) is 0 Å². The number of esters is 1. The maximum absolute atomic E-state index is 12.0. The monoisotopic (exact) mass is 389 g/mol. The first kappa shape index (κ1) is 20.9. The molecule has 0 aliphatic carbocycles. The Balaban J connectivity index is 1.96. The number of amides is 1. The van der Waals surface area contributed by atoms with Crippen molar-refractivity contribution in [2.75, 3.05) is 21.3 Å². The quantitative estimate of drug-likeness (QED) is 0.520. The number of methoxy groups -OCH3 is 3. The number of benzene rings is 1. The molecule has 2 rings (SSSR count). The summed E-state index contributed by atoms with van der Waals surface area (Å²) in [7, 11) is 4.51. The summed E-state index contributed by atoms with van der Waals surface area (Å²) in [6, 6.07) is 6.82. The molecular weight excluding hydrogens is 366 g/mol. The Hall–Kier alpha value is -3.42. The molecule has 0 aliphatic heterocycles. The van der Waals surface area contributed by atoms with Crippen LogP contribution in [0.25, 0.3) is 6.08 Å². The predicted octanol–water partition coefficient (Wildman–Crippen LogP) is 2.57. The van der Waals surface area contributed by atoms with Crippen LogP contribution in [-0.4, -0.2) is 39.3 Å². The molecule has 8 heteroatoms. The van der Waals surface area contributed by atoms with Gasteiger partial charge in [-0.05, 0) is 42.8 Å². The van der Waals surface area contributed by atoms with Gasteiger partial charge in [0.25, 0.3) is 5.91 Å². The molecule has 0 radical (unpaired) electrons. The van der Waals surface area contributed by atoms with E-state index in [4.69, 9.17) is 23.4 Å². The number of hydrogen-bond acceptors (Lipinski definition) is 7. The molecule has 8 nitrogen and oxygen atoms in total. The van der Waals surface area contributed by atoms with Gasteiger partial charge in [0.1, 0.15) is 5.76 Å². The standard InChI is InChI=1S/C20H23NO7/c1-13(20(23)21-12-15-6-5-9-27-15)28-18(22)8-7-14-10-16(24-2)19(26-4)17(11-14)25-3/h5-11,13H,12H2,1-4H3,(H,21,23)/b8-7+/t13-/m0/s1. The van der Waals surface area contributed by atoms with Crippen molar-refractivity contribution in [2.24, 2.45) is 0 Å². The SMILES string of the molecule is COc1cc(/C=C/C(=O)O[C@@H](C)C(=O)NCc2ccco2)cc(OC)c1OC. The van der Waals surface area contributed by atoms with Crippen LogP contribution in [0.2, 0.25) is 0 Å². The highest BCUT2D eigenvalue weighted by atomic mass is 16.5. The number of hydrogen-bond donors (Lipinski definition) is 1. The first-order valence-electron chi connectivity index (χ1n) is 8.47. The van der Waals surface area contributed by atoms with Crippen LogP contribution < -0.4 is 19.5 Å². The van der Waals surface area contributed by atoms with E-state index >= 15 is 0 Å². The van der Waals surface area contributed by atoms with Crippen molar-refractivity contribution in [3.05, 3.63) is 47.9 Å². The summed E-state index contributed by atoms with van der Waals surface area (Å²) in [5, 5.41) is 2.63. The van der Waals surface area contributed by atoms with Crippen molar-refractivity contribution in [3.8, 4) is 17.2 Å². The summed E-state index contributed by atoms with van der Waals surface area (Å²) in [6.07, 6.45) is 3.31. The first-order chi connectivity index (χ1) is 13.5. The smallest absolute Gasteiger partial charge is 0.331 e. The van der Waals surface area contributed by atoms with Gasteiger partial charge in [-0.25, -0.2) is 4.79 Å². The first-order valence-corrected chi connectivity index (χ1v) is 8.47. The minimum Gasteiger partial charge on any atom is -0.493 e. The second kappa shape index (κ2) is 10.1. The van der Waals surface area contributed by atoms with E-state index in [1.807, 2.05) is 0 Å². The molecule has 1 N–H and O–H groups in total. The van der Waals surface area contributed by atoms with Crippen LogP contribution in [0.5, 0.6) is 17.2 Å². The Kier molecular flexibility index (Phi) is 7.50. The molecule has 2 aromatic rings. The third kappa shape index (κ3) is 5.54. The average molecular weight is 389 g/mol. The van der Waals surface area contributed by atoms with Gasteiger partial charge in [0.2, 0.25) is 5.75 Å². The number of furan rings is 1. The van der Waals surface area contributed by atoms with Crippen LogP contribution in [0.1, 0.15) is 18.2 Å². The average Bonchev–Trinajstić information content (AvgIpc) is 3.22. The van der Waals surface area contributed by atoms with Gasteiger partial charge in [0, 0.05) is 6.08 Å². The Morgan fingerprint density at radius 2 is 1.82 bits per heavy atom. The van der Waals surface area contributed by atoms with E-state index < -0.39 is 18.0 Å². The zero-order chi connectivity index (χ0) is 20.5. The number of nitrogens with one attached hydrogen (secondary N) is 1.